The first-order valence-electron chi connectivity index (χ1n) is 4.34. The standard InChI is InChI=1S/C9H14N2OS/c1-3-6-13-7-9(12)8-4-5-10-11(8)2/h4-5H,3,6-7H2,1-2H3. The molecule has 0 saturated heterocycles. The maximum atomic E-state index is 11.5. The first-order chi connectivity index (χ1) is 6.25. The first kappa shape index (κ1) is 10.3. The van der Waals surface area contributed by atoms with Gasteiger partial charge in [-0.3, -0.25) is 9.48 Å². The lowest BCUT2D eigenvalue weighted by atomic mass is 10.3. The third-order valence-electron chi connectivity index (χ3n) is 1.69. The molecule has 13 heavy (non-hydrogen) atoms. The Morgan fingerprint density at radius 2 is 2.46 bits per heavy atom. The van der Waals surface area contributed by atoms with E-state index in [4.69, 9.17) is 0 Å². The number of ketones is 1. The van der Waals surface area contributed by atoms with Crippen molar-refractivity contribution in [3.05, 3.63) is 18.0 Å². The van der Waals surface area contributed by atoms with Crippen molar-refractivity contribution in [3.8, 4) is 0 Å². The molecule has 1 heterocycles. The van der Waals surface area contributed by atoms with E-state index < -0.39 is 0 Å². The molecule has 3 nitrogen and oxygen atoms in total. The summed E-state index contributed by atoms with van der Waals surface area (Å²) < 4.78 is 1.62. The van der Waals surface area contributed by atoms with Crippen molar-refractivity contribution in [1.29, 1.82) is 0 Å². The van der Waals surface area contributed by atoms with Gasteiger partial charge in [0.15, 0.2) is 5.78 Å². The highest BCUT2D eigenvalue weighted by Gasteiger charge is 2.08. The summed E-state index contributed by atoms with van der Waals surface area (Å²) in [6, 6.07) is 1.76. The number of aromatic nitrogens is 2. The largest absolute Gasteiger partial charge is 0.292 e. The zero-order chi connectivity index (χ0) is 9.68. The molecule has 4 heteroatoms. The van der Waals surface area contributed by atoms with Crippen LogP contribution in [0.5, 0.6) is 0 Å². The summed E-state index contributed by atoms with van der Waals surface area (Å²) in [7, 11) is 1.79. The molecule has 0 spiro atoms. The second-order valence-corrected chi connectivity index (χ2v) is 3.92. The average Bonchev–Trinajstić information content (AvgIpc) is 2.52. The highest BCUT2D eigenvalue weighted by Crippen LogP contribution is 2.07. The van der Waals surface area contributed by atoms with Gasteiger partial charge in [-0.1, -0.05) is 6.92 Å². The van der Waals surface area contributed by atoms with Crippen LogP contribution in [0.25, 0.3) is 0 Å². The minimum atomic E-state index is 0.165. The minimum absolute atomic E-state index is 0.165. The van der Waals surface area contributed by atoms with Crippen LogP contribution in [-0.4, -0.2) is 27.1 Å². The lowest BCUT2D eigenvalue weighted by molar-refractivity contribution is 0.101. The van der Waals surface area contributed by atoms with Gasteiger partial charge in [-0.05, 0) is 18.2 Å². The fraction of sp³-hybridized carbons (Fsp3) is 0.556. The molecule has 0 aromatic carbocycles. The number of thioether (sulfide) groups is 1. The molecule has 0 N–H and O–H groups in total. The van der Waals surface area contributed by atoms with E-state index >= 15 is 0 Å². The van der Waals surface area contributed by atoms with E-state index in [1.54, 1.807) is 35.8 Å². The second kappa shape index (κ2) is 5.07. The number of hydrogen-bond donors (Lipinski definition) is 0. The van der Waals surface area contributed by atoms with Crippen molar-refractivity contribution in [2.75, 3.05) is 11.5 Å². The molecule has 1 rings (SSSR count). The zero-order valence-electron chi connectivity index (χ0n) is 7.99. The monoisotopic (exact) mass is 198 g/mol. The van der Waals surface area contributed by atoms with E-state index in [2.05, 4.69) is 12.0 Å². The Balaban J connectivity index is 2.45. The van der Waals surface area contributed by atoms with Crippen LogP contribution in [0.3, 0.4) is 0 Å². The van der Waals surface area contributed by atoms with Crippen molar-refractivity contribution in [2.24, 2.45) is 7.05 Å². The number of Topliss-reactive ketones (excluding diaryl/α,β-unsaturated/α-hetero) is 1. The Hall–Kier alpha value is -0.770. The van der Waals surface area contributed by atoms with Gasteiger partial charge in [-0.2, -0.15) is 16.9 Å². The van der Waals surface area contributed by atoms with Crippen molar-refractivity contribution in [3.63, 3.8) is 0 Å². The van der Waals surface area contributed by atoms with E-state index in [1.807, 2.05) is 0 Å². The van der Waals surface area contributed by atoms with Crippen molar-refractivity contribution in [1.82, 2.24) is 9.78 Å². The van der Waals surface area contributed by atoms with Gasteiger partial charge in [-0.15, -0.1) is 0 Å². The third kappa shape index (κ3) is 2.88. The summed E-state index contributed by atoms with van der Waals surface area (Å²) in [6.07, 6.45) is 2.76. The molecule has 0 aliphatic carbocycles. The van der Waals surface area contributed by atoms with Gasteiger partial charge in [0.2, 0.25) is 0 Å². The quantitative estimate of drug-likeness (QED) is 0.534. The summed E-state index contributed by atoms with van der Waals surface area (Å²) in [5.74, 6) is 1.77. The van der Waals surface area contributed by atoms with Crippen LogP contribution >= 0.6 is 11.8 Å². The first-order valence-corrected chi connectivity index (χ1v) is 5.50. The van der Waals surface area contributed by atoms with Gasteiger partial charge >= 0.3 is 0 Å². The lowest BCUT2D eigenvalue weighted by Gasteiger charge is -2.00. The molecule has 72 valence electrons. The van der Waals surface area contributed by atoms with Gasteiger partial charge in [0.05, 0.1) is 5.75 Å². The molecule has 0 radical (unpaired) electrons. The van der Waals surface area contributed by atoms with Gasteiger partial charge in [-0.25, -0.2) is 0 Å². The Morgan fingerprint density at radius 3 is 3.00 bits per heavy atom. The number of nitrogens with zero attached hydrogens (tertiary/aromatic N) is 2. The van der Waals surface area contributed by atoms with Crippen LogP contribution in [0, 0.1) is 0 Å². The molecule has 0 atom stereocenters. The van der Waals surface area contributed by atoms with Crippen LogP contribution in [-0.2, 0) is 7.05 Å². The highest BCUT2D eigenvalue weighted by molar-refractivity contribution is 7.99. The Kier molecular flexibility index (Phi) is 4.02. The third-order valence-corrected chi connectivity index (χ3v) is 2.85. The van der Waals surface area contributed by atoms with Crippen LogP contribution in [0.2, 0.25) is 0 Å². The predicted octanol–water partition coefficient (Wildman–Crippen LogP) is 1.75. The number of carbonyl (C=O) groups is 1. The Labute approximate surface area is 82.5 Å². The van der Waals surface area contributed by atoms with E-state index in [0.29, 0.717) is 11.4 Å². The topological polar surface area (TPSA) is 34.9 Å². The van der Waals surface area contributed by atoms with Crippen LogP contribution < -0.4 is 0 Å². The Bertz CT molecular complexity index is 283. The van der Waals surface area contributed by atoms with Gasteiger partial charge in [0, 0.05) is 13.2 Å². The number of hydrogen-bond acceptors (Lipinski definition) is 3. The van der Waals surface area contributed by atoms with Crippen LogP contribution in [0.4, 0.5) is 0 Å². The molecule has 0 fully saturated rings. The fourth-order valence-corrected chi connectivity index (χ4v) is 1.80. The molecular formula is C9H14N2OS. The molecule has 0 aliphatic heterocycles. The normalized spacial score (nSPS) is 10.3. The maximum absolute atomic E-state index is 11.5. The minimum Gasteiger partial charge on any atom is -0.292 e. The van der Waals surface area contributed by atoms with E-state index in [1.165, 1.54) is 0 Å². The average molecular weight is 198 g/mol. The van der Waals surface area contributed by atoms with Gasteiger partial charge in [0.25, 0.3) is 0 Å². The summed E-state index contributed by atoms with van der Waals surface area (Å²) in [6.45, 7) is 2.11. The fourth-order valence-electron chi connectivity index (χ4n) is 1.03. The molecule has 0 unspecified atom stereocenters. The summed E-state index contributed by atoms with van der Waals surface area (Å²) in [5.41, 5.74) is 0.698. The molecule has 0 saturated carbocycles. The molecular weight excluding hydrogens is 184 g/mol. The maximum Gasteiger partial charge on any atom is 0.190 e. The Morgan fingerprint density at radius 1 is 1.69 bits per heavy atom. The van der Waals surface area contributed by atoms with Crippen molar-refractivity contribution < 1.29 is 4.79 Å². The van der Waals surface area contributed by atoms with E-state index in [9.17, 15) is 4.79 Å². The number of carbonyl (C=O) groups excluding carboxylic acids is 1. The van der Waals surface area contributed by atoms with Gasteiger partial charge < -0.3 is 0 Å². The molecule has 0 aliphatic rings. The summed E-state index contributed by atoms with van der Waals surface area (Å²) >= 11 is 1.68. The molecule has 1 aromatic heterocycles. The predicted molar refractivity (Wildman–Crippen MR) is 55.2 cm³/mol. The van der Waals surface area contributed by atoms with E-state index in [-0.39, 0.29) is 5.78 Å². The van der Waals surface area contributed by atoms with Crippen molar-refractivity contribution in [2.45, 2.75) is 13.3 Å². The number of aryl methyl sites for hydroxylation is 1. The molecule has 0 amide bonds. The lowest BCUT2D eigenvalue weighted by Crippen LogP contribution is -2.09. The summed E-state index contributed by atoms with van der Waals surface area (Å²) in [4.78, 5) is 11.5. The van der Waals surface area contributed by atoms with Crippen LogP contribution in [0.1, 0.15) is 23.8 Å². The van der Waals surface area contributed by atoms with Crippen LogP contribution in [0.15, 0.2) is 12.3 Å². The second-order valence-electron chi connectivity index (χ2n) is 2.82. The zero-order valence-corrected chi connectivity index (χ0v) is 8.80. The van der Waals surface area contributed by atoms with Gasteiger partial charge in [0.1, 0.15) is 5.69 Å². The molecule has 0 bridgehead atoms. The number of rotatable bonds is 5. The van der Waals surface area contributed by atoms with Crippen molar-refractivity contribution >= 4 is 17.5 Å². The van der Waals surface area contributed by atoms with E-state index in [0.717, 1.165) is 12.2 Å². The highest BCUT2D eigenvalue weighted by atomic mass is 32.2. The summed E-state index contributed by atoms with van der Waals surface area (Å²) in [5, 5.41) is 3.95. The SMILES string of the molecule is CCCSCC(=O)c1ccnn1C. The smallest absolute Gasteiger partial charge is 0.190 e. The molecule has 1 aromatic rings.